The maximum absolute atomic E-state index is 5.46. The number of aliphatic imine (C=N–C) groups is 1. The zero-order valence-electron chi connectivity index (χ0n) is 20.9. The quantitative estimate of drug-likeness (QED) is 0.184. The van der Waals surface area contributed by atoms with Crippen LogP contribution in [-0.2, 0) is 0 Å². The number of piperazine rings is 1. The van der Waals surface area contributed by atoms with Crippen LogP contribution in [0.2, 0.25) is 0 Å². The van der Waals surface area contributed by atoms with Crippen LogP contribution in [0.1, 0.15) is 44.2 Å². The van der Waals surface area contributed by atoms with E-state index >= 15 is 0 Å². The summed E-state index contributed by atoms with van der Waals surface area (Å²) in [6.45, 7) is 13.6. The minimum absolute atomic E-state index is 0. The fraction of sp³-hybridized carbons (Fsp3) is 0.720. The molecule has 0 aliphatic carbocycles. The van der Waals surface area contributed by atoms with Crippen LogP contribution in [0, 0.1) is 0 Å². The Balaban J connectivity index is 0.00000385. The Morgan fingerprint density at radius 3 is 2.42 bits per heavy atom. The average Bonchev–Trinajstić information content (AvgIpc) is 3.38. The van der Waals surface area contributed by atoms with E-state index in [4.69, 9.17) is 4.74 Å². The lowest BCUT2D eigenvalue weighted by atomic mass is 10.1. The summed E-state index contributed by atoms with van der Waals surface area (Å²) >= 11 is 0. The van der Waals surface area contributed by atoms with Crippen LogP contribution in [0.5, 0.6) is 5.75 Å². The van der Waals surface area contributed by atoms with Crippen molar-refractivity contribution in [2.75, 3.05) is 79.6 Å². The van der Waals surface area contributed by atoms with Crippen LogP contribution >= 0.6 is 24.0 Å². The van der Waals surface area contributed by atoms with E-state index in [0.29, 0.717) is 6.04 Å². The van der Waals surface area contributed by atoms with Gasteiger partial charge in [0.15, 0.2) is 5.96 Å². The highest BCUT2D eigenvalue weighted by Crippen LogP contribution is 2.27. The number of nitrogens with one attached hydrogen (secondary N) is 2. The first kappa shape index (κ1) is 28.1. The van der Waals surface area contributed by atoms with E-state index in [2.05, 4.69) is 55.4 Å². The second kappa shape index (κ2) is 15.7. The van der Waals surface area contributed by atoms with Gasteiger partial charge in [-0.3, -0.25) is 9.89 Å². The van der Waals surface area contributed by atoms with Crippen LogP contribution in [0.15, 0.2) is 29.3 Å². The zero-order valence-corrected chi connectivity index (χ0v) is 23.2. The lowest BCUT2D eigenvalue weighted by Gasteiger charge is -2.34. The molecule has 0 bridgehead atoms. The van der Waals surface area contributed by atoms with Crippen LogP contribution in [0.25, 0.3) is 0 Å². The van der Waals surface area contributed by atoms with E-state index in [-0.39, 0.29) is 24.0 Å². The van der Waals surface area contributed by atoms with E-state index in [1.54, 1.807) is 7.11 Å². The molecule has 188 valence electrons. The Kier molecular flexibility index (Phi) is 13.4. The second-order valence-corrected chi connectivity index (χ2v) is 8.90. The molecule has 2 fully saturated rings. The largest absolute Gasteiger partial charge is 0.497 e. The summed E-state index contributed by atoms with van der Waals surface area (Å²) in [6.07, 6.45) is 4.96. The highest BCUT2D eigenvalue weighted by atomic mass is 127. The molecule has 1 aromatic rings. The van der Waals surface area contributed by atoms with E-state index in [9.17, 15) is 0 Å². The molecule has 33 heavy (non-hydrogen) atoms. The lowest BCUT2D eigenvalue weighted by Crippen LogP contribution is -2.46. The van der Waals surface area contributed by atoms with Crippen molar-refractivity contribution in [3.05, 3.63) is 29.8 Å². The van der Waals surface area contributed by atoms with Gasteiger partial charge in [0, 0.05) is 46.3 Å². The first-order valence-electron chi connectivity index (χ1n) is 12.5. The van der Waals surface area contributed by atoms with Crippen LogP contribution in [0.4, 0.5) is 0 Å². The minimum atomic E-state index is 0. The number of likely N-dealkylation sites (tertiary alicyclic amines) is 1. The standard InChI is InChI=1S/C25H44N6O.HI/c1-4-29-16-18-30(19-17-29)13-6-5-12-27-25(26-2)28-21-24(31-14-7-8-15-31)22-10-9-11-23(20-22)32-3;/h9-11,20,24H,4-8,12-19,21H2,1-3H3,(H2,26,27,28);1H. The fourth-order valence-corrected chi connectivity index (χ4v) is 4.77. The van der Waals surface area contributed by atoms with E-state index in [1.165, 1.54) is 70.5 Å². The molecular formula is C25H45IN6O. The third-order valence-electron chi connectivity index (χ3n) is 6.85. The third-order valence-corrected chi connectivity index (χ3v) is 6.85. The normalized spacial score (nSPS) is 19.2. The number of hydrogen-bond acceptors (Lipinski definition) is 5. The van der Waals surface area contributed by atoms with Gasteiger partial charge in [-0.2, -0.15) is 0 Å². The molecule has 0 radical (unpaired) electrons. The Morgan fingerprint density at radius 2 is 1.76 bits per heavy atom. The fourth-order valence-electron chi connectivity index (χ4n) is 4.77. The van der Waals surface area contributed by atoms with Crippen molar-refractivity contribution >= 4 is 29.9 Å². The molecule has 7 nitrogen and oxygen atoms in total. The van der Waals surface area contributed by atoms with Crippen molar-refractivity contribution in [3.63, 3.8) is 0 Å². The molecule has 0 spiro atoms. The number of methoxy groups -OCH3 is 1. The molecule has 2 heterocycles. The molecule has 8 heteroatoms. The molecule has 0 amide bonds. The van der Waals surface area contributed by atoms with Crippen molar-refractivity contribution in [3.8, 4) is 5.75 Å². The van der Waals surface area contributed by atoms with Crippen molar-refractivity contribution in [2.45, 2.75) is 38.6 Å². The van der Waals surface area contributed by atoms with Crippen molar-refractivity contribution in [1.82, 2.24) is 25.3 Å². The summed E-state index contributed by atoms with van der Waals surface area (Å²) < 4.78 is 5.46. The highest BCUT2D eigenvalue weighted by Gasteiger charge is 2.24. The molecule has 2 N–H and O–H groups in total. The predicted octanol–water partition coefficient (Wildman–Crippen LogP) is 3.03. The predicted molar refractivity (Wildman–Crippen MR) is 149 cm³/mol. The Labute approximate surface area is 218 Å². The Morgan fingerprint density at radius 1 is 1.03 bits per heavy atom. The van der Waals surface area contributed by atoms with Crippen molar-refractivity contribution < 1.29 is 4.74 Å². The number of likely N-dealkylation sites (N-methyl/N-ethyl adjacent to an activating group) is 1. The number of unbranched alkanes of at least 4 members (excludes halogenated alkanes) is 1. The summed E-state index contributed by atoms with van der Waals surface area (Å²) in [5.74, 6) is 1.82. The lowest BCUT2D eigenvalue weighted by molar-refractivity contribution is 0.136. The molecule has 1 unspecified atom stereocenters. The Hall–Kier alpha value is -1.10. The van der Waals surface area contributed by atoms with Gasteiger partial charge in [0.1, 0.15) is 5.75 Å². The first-order chi connectivity index (χ1) is 15.7. The van der Waals surface area contributed by atoms with E-state index in [1.807, 2.05) is 13.1 Å². The number of nitrogens with zero attached hydrogens (tertiary/aromatic N) is 4. The maximum atomic E-state index is 5.46. The summed E-state index contributed by atoms with van der Waals surface area (Å²) in [7, 11) is 3.60. The molecule has 1 aromatic carbocycles. The summed E-state index contributed by atoms with van der Waals surface area (Å²) in [4.78, 5) is 12.2. The van der Waals surface area contributed by atoms with Gasteiger partial charge in [-0.25, -0.2) is 0 Å². The number of rotatable bonds is 11. The van der Waals surface area contributed by atoms with Gasteiger partial charge in [0.25, 0.3) is 0 Å². The third kappa shape index (κ3) is 9.22. The molecule has 2 aliphatic heterocycles. The monoisotopic (exact) mass is 572 g/mol. The number of ether oxygens (including phenoxy) is 1. The van der Waals surface area contributed by atoms with Gasteiger partial charge in [-0.15, -0.1) is 24.0 Å². The van der Waals surface area contributed by atoms with Gasteiger partial charge in [0.2, 0.25) is 0 Å². The minimum Gasteiger partial charge on any atom is -0.497 e. The number of halogens is 1. The van der Waals surface area contributed by atoms with Gasteiger partial charge in [0.05, 0.1) is 13.2 Å². The number of benzene rings is 1. The van der Waals surface area contributed by atoms with Crippen LogP contribution in [0.3, 0.4) is 0 Å². The summed E-state index contributed by atoms with van der Waals surface area (Å²) in [5.41, 5.74) is 1.30. The van der Waals surface area contributed by atoms with Gasteiger partial charge < -0.3 is 25.2 Å². The van der Waals surface area contributed by atoms with E-state index < -0.39 is 0 Å². The van der Waals surface area contributed by atoms with Gasteiger partial charge >= 0.3 is 0 Å². The molecule has 1 atom stereocenters. The maximum Gasteiger partial charge on any atom is 0.191 e. The van der Waals surface area contributed by atoms with E-state index in [0.717, 1.165) is 37.9 Å². The Bertz CT molecular complexity index is 689. The molecule has 2 aliphatic rings. The number of guanidine groups is 1. The van der Waals surface area contributed by atoms with Crippen LogP contribution in [-0.4, -0.2) is 100 Å². The highest BCUT2D eigenvalue weighted by molar-refractivity contribution is 14.0. The van der Waals surface area contributed by atoms with Gasteiger partial charge in [-0.05, 0) is 69.6 Å². The van der Waals surface area contributed by atoms with Crippen molar-refractivity contribution in [2.24, 2.45) is 4.99 Å². The summed E-state index contributed by atoms with van der Waals surface area (Å²) in [5, 5.41) is 7.09. The molecular weight excluding hydrogens is 527 g/mol. The van der Waals surface area contributed by atoms with Gasteiger partial charge in [-0.1, -0.05) is 19.1 Å². The molecule has 2 saturated heterocycles. The SMILES string of the molecule is CCN1CCN(CCCCNC(=NC)NCC(c2cccc(OC)c2)N2CCCC2)CC1.I. The molecule has 0 aromatic heterocycles. The second-order valence-electron chi connectivity index (χ2n) is 8.90. The number of hydrogen-bond donors (Lipinski definition) is 2. The zero-order chi connectivity index (χ0) is 22.6. The molecule has 3 rings (SSSR count). The molecule has 0 saturated carbocycles. The smallest absolute Gasteiger partial charge is 0.191 e. The van der Waals surface area contributed by atoms with Crippen molar-refractivity contribution in [1.29, 1.82) is 0 Å². The van der Waals surface area contributed by atoms with Crippen LogP contribution < -0.4 is 15.4 Å². The first-order valence-corrected chi connectivity index (χ1v) is 12.5. The summed E-state index contributed by atoms with van der Waals surface area (Å²) in [6, 6.07) is 8.81. The average molecular weight is 573 g/mol. The topological polar surface area (TPSA) is 55.4 Å².